The summed E-state index contributed by atoms with van der Waals surface area (Å²) in [6.07, 6.45) is 4.59. The largest absolute Gasteiger partial charge is 0.351 e. The van der Waals surface area contributed by atoms with Crippen molar-refractivity contribution in [2.45, 2.75) is 24.3 Å². The van der Waals surface area contributed by atoms with E-state index in [2.05, 4.69) is 10.4 Å². The molecule has 1 N–H and O–H groups in total. The van der Waals surface area contributed by atoms with Gasteiger partial charge in [0.2, 0.25) is 5.91 Å². The van der Waals surface area contributed by atoms with Crippen LogP contribution in [-0.2, 0) is 28.2 Å². The molecule has 22 heavy (non-hydrogen) atoms. The topological polar surface area (TPSA) is 81.1 Å². The number of sulfone groups is 1. The summed E-state index contributed by atoms with van der Waals surface area (Å²) in [5.74, 6) is -0.518. The second-order valence-electron chi connectivity index (χ2n) is 5.27. The van der Waals surface area contributed by atoms with Gasteiger partial charge in [0.05, 0.1) is 17.0 Å². The molecule has 0 aliphatic heterocycles. The number of hydrogen-bond acceptors (Lipinski definition) is 4. The predicted molar refractivity (Wildman–Crippen MR) is 83.0 cm³/mol. The van der Waals surface area contributed by atoms with Crippen LogP contribution in [0.4, 0.5) is 0 Å². The molecule has 1 aromatic carbocycles. The normalized spacial score (nSPS) is 12.9. The molecule has 1 aromatic heterocycles. The Hall–Kier alpha value is -2.15. The summed E-state index contributed by atoms with van der Waals surface area (Å²) in [6, 6.07) is 6.66. The molecule has 1 atom stereocenters. The van der Waals surface area contributed by atoms with Crippen molar-refractivity contribution < 1.29 is 13.2 Å². The van der Waals surface area contributed by atoms with E-state index in [0.29, 0.717) is 5.56 Å². The van der Waals surface area contributed by atoms with Crippen LogP contribution in [0.25, 0.3) is 0 Å². The fourth-order valence-corrected chi connectivity index (χ4v) is 3.10. The van der Waals surface area contributed by atoms with Crippen molar-refractivity contribution in [3.05, 3.63) is 47.8 Å². The van der Waals surface area contributed by atoms with E-state index in [9.17, 15) is 13.2 Å². The average Bonchev–Trinajstić information content (AvgIpc) is 2.90. The minimum absolute atomic E-state index is 0.170. The lowest BCUT2D eigenvalue weighted by atomic mass is 10.0. The van der Waals surface area contributed by atoms with Gasteiger partial charge in [0.1, 0.15) is 0 Å². The first-order valence-electron chi connectivity index (χ1n) is 6.83. The number of aryl methyl sites for hydroxylation is 1. The summed E-state index contributed by atoms with van der Waals surface area (Å²) < 4.78 is 25.1. The van der Waals surface area contributed by atoms with Crippen LogP contribution in [-0.4, -0.2) is 30.4 Å². The number of aromatic nitrogens is 2. The lowest BCUT2D eigenvalue weighted by Gasteiger charge is -2.12. The Bertz CT molecular complexity index is 781. The lowest BCUT2D eigenvalue weighted by molar-refractivity contribution is -0.122. The van der Waals surface area contributed by atoms with Crippen LogP contribution in [0, 0.1) is 0 Å². The van der Waals surface area contributed by atoms with Crippen LogP contribution >= 0.6 is 0 Å². The van der Waals surface area contributed by atoms with Gasteiger partial charge in [-0.2, -0.15) is 5.10 Å². The zero-order chi connectivity index (χ0) is 16.3. The molecule has 2 aromatic rings. The highest BCUT2D eigenvalue weighted by Gasteiger charge is 2.18. The Kier molecular flexibility index (Phi) is 4.65. The van der Waals surface area contributed by atoms with Crippen molar-refractivity contribution in [3.63, 3.8) is 0 Å². The van der Waals surface area contributed by atoms with Gasteiger partial charge in [0.15, 0.2) is 9.84 Å². The van der Waals surface area contributed by atoms with E-state index >= 15 is 0 Å². The highest BCUT2D eigenvalue weighted by atomic mass is 32.2. The minimum Gasteiger partial charge on any atom is -0.351 e. The van der Waals surface area contributed by atoms with Crippen molar-refractivity contribution in [2.24, 2.45) is 7.05 Å². The summed E-state index contributed by atoms with van der Waals surface area (Å²) in [5, 5.41) is 6.82. The molecule has 7 heteroatoms. The Balaban J connectivity index is 2.09. The number of rotatable bonds is 5. The summed E-state index contributed by atoms with van der Waals surface area (Å²) in [5.41, 5.74) is 1.40. The average molecular weight is 321 g/mol. The molecule has 1 amide bonds. The molecule has 0 fully saturated rings. The van der Waals surface area contributed by atoms with Gasteiger partial charge in [-0.25, -0.2) is 8.42 Å². The van der Waals surface area contributed by atoms with E-state index in [1.807, 2.05) is 0 Å². The fourth-order valence-electron chi connectivity index (χ4n) is 2.16. The fraction of sp³-hybridized carbons (Fsp3) is 0.333. The molecule has 0 saturated carbocycles. The van der Waals surface area contributed by atoms with E-state index in [1.165, 1.54) is 0 Å². The van der Waals surface area contributed by atoms with Crippen molar-refractivity contribution in [3.8, 4) is 0 Å². The quantitative estimate of drug-likeness (QED) is 0.898. The summed E-state index contributed by atoms with van der Waals surface area (Å²) in [4.78, 5) is 12.4. The molecule has 0 bridgehead atoms. The molecule has 0 radical (unpaired) electrons. The van der Waals surface area contributed by atoms with E-state index in [4.69, 9.17) is 0 Å². The lowest BCUT2D eigenvalue weighted by Crippen LogP contribution is -2.28. The molecule has 118 valence electrons. The number of carbonyl (C=O) groups excluding carboxylic acids is 1. The molecule has 1 unspecified atom stereocenters. The smallest absolute Gasteiger partial charge is 0.227 e. The summed E-state index contributed by atoms with van der Waals surface area (Å²) in [6.45, 7) is 1.96. The van der Waals surface area contributed by atoms with Gasteiger partial charge in [-0.15, -0.1) is 0 Å². The molecular weight excluding hydrogens is 302 g/mol. The number of benzene rings is 1. The van der Waals surface area contributed by atoms with Gasteiger partial charge in [0.25, 0.3) is 0 Å². The van der Waals surface area contributed by atoms with Crippen LogP contribution in [0.3, 0.4) is 0 Å². The second kappa shape index (κ2) is 6.31. The van der Waals surface area contributed by atoms with Crippen LogP contribution < -0.4 is 5.32 Å². The number of nitrogens with one attached hydrogen (secondary N) is 1. The predicted octanol–water partition coefficient (Wildman–Crippen LogP) is 1.24. The third kappa shape index (κ3) is 3.73. The molecule has 0 aliphatic carbocycles. The zero-order valence-electron chi connectivity index (χ0n) is 12.8. The van der Waals surface area contributed by atoms with Crippen LogP contribution in [0.2, 0.25) is 0 Å². The number of carbonyl (C=O) groups is 1. The molecule has 1 heterocycles. The summed E-state index contributed by atoms with van der Waals surface area (Å²) in [7, 11) is -1.53. The van der Waals surface area contributed by atoms with Crippen LogP contribution in [0.1, 0.15) is 24.0 Å². The molecule has 2 rings (SSSR count). The van der Waals surface area contributed by atoms with Gasteiger partial charge in [0, 0.05) is 31.6 Å². The Morgan fingerprint density at radius 1 is 1.36 bits per heavy atom. The Morgan fingerprint density at radius 2 is 2.05 bits per heavy atom. The van der Waals surface area contributed by atoms with E-state index < -0.39 is 9.84 Å². The number of amides is 1. The van der Waals surface area contributed by atoms with Gasteiger partial charge in [-0.3, -0.25) is 9.48 Å². The Labute approximate surface area is 130 Å². The highest BCUT2D eigenvalue weighted by Crippen LogP contribution is 2.17. The monoisotopic (exact) mass is 321 g/mol. The third-order valence-electron chi connectivity index (χ3n) is 3.44. The minimum atomic E-state index is -3.32. The van der Waals surface area contributed by atoms with Crippen molar-refractivity contribution in [2.75, 3.05) is 6.26 Å². The van der Waals surface area contributed by atoms with Crippen molar-refractivity contribution >= 4 is 15.7 Å². The maximum atomic E-state index is 12.2. The van der Waals surface area contributed by atoms with Gasteiger partial charge in [-0.05, 0) is 18.6 Å². The highest BCUT2D eigenvalue weighted by molar-refractivity contribution is 7.90. The maximum absolute atomic E-state index is 12.2. The van der Waals surface area contributed by atoms with Crippen LogP contribution in [0.15, 0.2) is 41.6 Å². The number of hydrogen-bond donors (Lipinski definition) is 1. The first-order chi connectivity index (χ1) is 10.3. The van der Waals surface area contributed by atoms with Crippen molar-refractivity contribution in [1.29, 1.82) is 0 Å². The summed E-state index contributed by atoms with van der Waals surface area (Å²) >= 11 is 0. The van der Waals surface area contributed by atoms with Gasteiger partial charge >= 0.3 is 0 Å². The molecule has 6 nitrogen and oxygen atoms in total. The van der Waals surface area contributed by atoms with E-state index in [0.717, 1.165) is 11.8 Å². The van der Waals surface area contributed by atoms with Gasteiger partial charge < -0.3 is 5.32 Å². The first-order valence-corrected chi connectivity index (χ1v) is 8.72. The maximum Gasteiger partial charge on any atom is 0.227 e. The van der Waals surface area contributed by atoms with E-state index in [-0.39, 0.29) is 23.3 Å². The molecule has 0 aliphatic rings. The standard InChI is InChI=1S/C15H19N3O3S/c1-11(13-9-17-18(2)10-13)15(19)16-8-12-6-4-5-7-14(12)22(3,20)21/h4-7,9-11H,8H2,1-3H3,(H,16,19). The number of nitrogens with zero attached hydrogens (tertiary/aromatic N) is 2. The molecule has 0 saturated heterocycles. The zero-order valence-corrected chi connectivity index (χ0v) is 13.6. The SMILES string of the molecule is CC(C(=O)NCc1ccccc1S(C)(=O)=O)c1cnn(C)c1. The van der Waals surface area contributed by atoms with Gasteiger partial charge in [-0.1, -0.05) is 18.2 Å². The van der Waals surface area contributed by atoms with Crippen LogP contribution in [0.5, 0.6) is 0 Å². The molecule has 0 spiro atoms. The third-order valence-corrected chi connectivity index (χ3v) is 4.64. The Morgan fingerprint density at radius 3 is 2.64 bits per heavy atom. The molecular formula is C15H19N3O3S. The second-order valence-corrected chi connectivity index (χ2v) is 7.25. The van der Waals surface area contributed by atoms with E-state index in [1.54, 1.807) is 55.3 Å². The van der Waals surface area contributed by atoms with Crippen molar-refractivity contribution in [1.82, 2.24) is 15.1 Å². The first kappa shape index (κ1) is 16.2.